The molecule has 8 heteroatoms. The number of carbonyl (C=O) groups is 1. The molecule has 8 nitrogen and oxygen atoms in total. The van der Waals surface area contributed by atoms with E-state index in [0.717, 1.165) is 72.8 Å². The summed E-state index contributed by atoms with van der Waals surface area (Å²) in [5.74, 6) is 2.87. The van der Waals surface area contributed by atoms with Gasteiger partial charge in [0, 0.05) is 37.7 Å². The van der Waals surface area contributed by atoms with Crippen molar-refractivity contribution in [3.05, 3.63) is 72.2 Å². The molecule has 40 heavy (non-hydrogen) atoms. The maximum atomic E-state index is 13.4. The molecule has 0 aliphatic carbocycles. The summed E-state index contributed by atoms with van der Waals surface area (Å²) >= 11 is 0. The largest absolute Gasteiger partial charge is 0.494 e. The smallest absolute Gasteiger partial charge is 0.253 e. The Morgan fingerprint density at radius 1 is 0.950 bits per heavy atom. The van der Waals surface area contributed by atoms with Gasteiger partial charge in [0.25, 0.3) is 5.91 Å². The number of para-hydroxylation sites is 1. The Morgan fingerprint density at radius 3 is 2.50 bits per heavy atom. The number of carbonyl (C=O) groups excluding carboxylic acids is 1. The fourth-order valence-electron chi connectivity index (χ4n) is 5.23. The van der Waals surface area contributed by atoms with Crippen LogP contribution in [0.3, 0.4) is 0 Å². The van der Waals surface area contributed by atoms with Gasteiger partial charge in [0.05, 0.1) is 23.9 Å². The number of ether oxygens (including phenoxy) is 1. The second-order valence-electron chi connectivity index (χ2n) is 10.6. The maximum absolute atomic E-state index is 13.4. The minimum atomic E-state index is 0.0592. The Labute approximate surface area is 237 Å². The van der Waals surface area contributed by atoms with Crippen LogP contribution in [0, 0.1) is 0 Å². The summed E-state index contributed by atoms with van der Waals surface area (Å²) in [4.78, 5) is 27.8. The lowest BCUT2D eigenvalue weighted by molar-refractivity contribution is 0.0767. The van der Waals surface area contributed by atoms with Crippen LogP contribution in [0.1, 0.15) is 75.0 Å². The third-order valence-corrected chi connectivity index (χ3v) is 7.54. The Balaban J connectivity index is 1.37. The van der Waals surface area contributed by atoms with E-state index in [-0.39, 0.29) is 11.8 Å². The zero-order valence-electron chi connectivity index (χ0n) is 23.9. The molecule has 1 unspecified atom stereocenters. The van der Waals surface area contributed by atoms with Crippen LogP contribution in [0.5, 0.6) is 5.75 Å². The monoisotopic (exact) mass is 540 g/mol. The number of rotatable bonds is 10. The van der Waals surface area contributed by atoms with E-state index in [1.165, 1.54) is 0 Å². The second kappa shape index (κ2) is 12.9. The van der Waals surface area contributed by atoms with Gasteiger partial charge in [-0.05, 0) is 55.7 Å². The van der Waals surface area contributed by atoms with E-state index in [4.69, 9.17) is 19.8 Å². The first kappa shape index (κ1) is 27.6. The predicted molar refractivity (Wildman–Crippen MR) is 160 cm³/mol. The van der Waals surface area contributed by atoms with E-state index < -0.39 is 0 Å². The van der Waals surface area contributed by atoms with E-state index >= 15 is 0 Å². The summed E-state index contributed by atoms with van der Waals surface area (Å²) in [5.41, 5.74) is 2.50. The Hall–Kier alpha value is -3.94. The van der Waals surface area contributed by atoms with Crippen LogP contribution in [-0.2, 0) is 0 Å². The fourth-order valence-corrected chi connectivity index (χ4v) is 5.23. The number of hydrogen-bond donors (Lipinski definition) is 0. The van der Waals surface area contributed by atoms with Crippen molar-refractivity contribution in [3.63, 3.8) is 0 Å². The molecule has 0 radical (unpaired) electrons. The van der Waals surface area contributed by atoms with Crippen LogP contribution in [0.4, 0.5) is 5.82 Å². The molecule has 1 saturated heterocycles. The van der Waals surface area contributed by atoms with Crippen LogP contribution in [-0.4, -0.2) is 63.3 Å². The van der Waals surface area contributed by atoms with E-state index in [9.17, 15) is 4.79 Å². The molecule has 1 fully saturated rings. The van der Waals surface area contributed by atoms with Crippen molar-refractivity contribution < 1.29 is 9.53 Å². The highest BCUT2D eigenvalue weighted by atomic mass is 16.5. The SMILES string of the molecule is CCCCOc1ccc(C(=O)N2CCCN(c3nc(C(C)CCC)nc4c3cnn4-c3ccccc3)CC2)cc1. The van der Waals surface area contributed by atoms with Crippen molar-refractivity contribution in [2.45, 2.75) is 58.8 Å². The van der Waals surface area contributed by atoms with Gasteiger partial charge in [0.15, 0.2) is 5.65 Å². The first-order valence-corrected chi connectivity index (χ1v) is 14.7. The van der Waals surface area contributed by atoms with Gasteiger partial charge in [-0.15, -0.1) is 0 Å². The lowest BCUT2D eigenvalue weighted by Crippen LogP contribution is -2.35. The molecule has 1 amide bonds. The molecule has 0 N–H and O–H groups in total. The highest BCUT2D eigenvalue weighted by Gasteiger charge is 2.25. The standard InChI is InChI=1S/C32H40N6O2/c1-4-6-22-40-27-16-14-25(15-17-27)32(39)37-19-10-18-36(20-21-37)30-28-23-33-38(26-12-8-7-9-13-26)31(28)35-29(34-30)24(3)11-5-2/h7-9,12-17,23-24H,4-6,10-11,18-22H2,1-3H3. The lowest BCUT2D eigenvalue weighted by atomic mass is 10.1. The third kappa shape index (κ3) is 6.11. The molecular weight excluding hydrogens is 500 g/mol. The zero-order chi connectivity index (χ0) is 27.9. The van der Waals surface area contributed by atoms with E-state index in [1.54, 1.807) is 0 Å². The van der Waals surface area contributed by atoms with Gasteiger partial charge in [-0.1, -0.05) is 51.8 Å². The van der Waals surface area contributed by atoms with Gasteiger partial charge >= 0.3 is 0 Å². The molecule has 0 bridgehead atoms. The summed E-state index contributed by atoms with van der Waals surface area (Å²) in [6, 6.07) is 17.7. The Bertz CT molecular complexity index is 1400. The summed E-state index contributed by atoms with van der Waals surface area (Å²) in [7, 11) is 0. The number of unbranched alkanes of at least 4 members (excludes halogenated alkanes) is 1. The lowest BCUT2D eigenvalue weighted by Gasteiger charge is -2.24. The molecule has 1 aliphatic rings. The molecule has 4 aromatic rings. The normalized spacial score (nSPS) is 14.8. The van der Waals surface area contributed by atoms with E-state index in [2.05, 4.69) is 25.7 Å². The van der Waals surface area contributed by atoms with Crippen LogP contribution in [0.15, 0.2) is 60.8 Å². The van der Waals surface area contributed by atoms with Crippen LogP contribution >= 0.6 is 0 Å². The van der Waals surface area contributed by atoms with Crippen molar-refractivity contribution in [2.75, 3.05) is 37.7 Å². The van der Waals surface area contributed by atoms with Gasteiger partial charge in [-0.2, -0.15) is 5.10 Å². The van der Waals surface area contributed by atoms with Gasteiger partial charge in [-0.25, -0.2) is 14.6 Å². The first-order chi connectivity index (χ1) is 19.6. The van der Waals surface area contributed by atoms with Crippen LogP contribution < -0.4 is 9.64 Å². The molecule has 2 aromatic heterocycles. The Kier molecular flexibility index (Phi) is 8.94. The molecule has 2 aromatic carbocycles. The minimum Gasteiger partial charge on any atom is -0.494 e. The van der Waals surface area contributed by atoms with Gasteiger partial charge < -0.3 is 14.5 Å². The summed E-state index contributed by atoms with van der Waals surface area (Å²) in [6.45, 7) is 10.1. The van der Waals surface area contributed by atoms with Crippen molar-refractivity contribution in [1.29, 1.82) is 0 Å². The summed E-state index contributed by atoms with van der Waals surface area (Å²) in [5, 5.41) is 5.66. The summed E-state index contributed by atoms with van der Waals surface area (Å²) in [6.07, 6.45) is 6.96. The molecule has 1 atom stereocenters. The second-order valence-corrected chi connectivity index (χ2v) is 10.6. The molecule has 0 spiro atoms. The third-order valence-electron chi connectivity index (χ3n) is 7.54. The number of nitrogens with zero attached hydrogens (tertiary/aromatic N) is 6. The van der Waals surface area contributed by atoms with Gasteiger partial charge in [0.2, 0.25) is 0 Å². The Morgan fingerprint density at radius 2 is 1.75 bits per heavy atom. The van der Waals surface area contributed by atoms with Crippen molar-refractivity contribution in [2.24, 2.45) is 0 Å². The molecule has 3 heterocycles. The number of fused-ring (bicyclic) bond motifs is 1. The number of anilines is 1. The minimum absolute atomic E-state index is 0.0592. The number of aromatic nitrogens is 4. The van der Waals surface area contributed by atoms with Crippen LogP contribution in [0.2, 0.25) is 0 Å². The van der Waals surface area contributed by atoms with E-state index in [0.29, 0.717) is 31.8 Å². The van der Waals surface area contributed by atoms with Crippen LogP contribution in [0.25, 0.3) is 16.7 Å². The number of benzene rings is 2. The van der Waals surface area contributed by atoms with Crippen molar-refractivity contribution in [1.82, 2.24) is 24.6 Å². The average molecular weight is 541 g/mol. The highest BCUT2D eigenvalue weighted by Crippen LogP contribution is 2.30. The van der Waals surface area contributed by atoms with E-state index in [1.807, 2.05) is 70.4 Å². The van der Waals surface area contributed by atoms with Crippen molar-refractivity contribution in [3.8, 4) is 11.4 Å². The molecular formula is C32H40N6O2. The zero-order valence-corrected chi connectivity index (χ0v) is 23.9. The molecule has 210 valence electrons. The molecule has 0 saturated carbocycles. The molecule has 5 rings (SSSR count). The number of amides is 1. The highest BCUT2D eigenvalue weighted by molar-refractivity contribution is 5.94. The maximum Gasteiger partial charge on any atom is 0.253 e. The van der Waals surface area contributed by atoms with Gasteiger partial charge in [0.1, 0.15) is 17.4 Å². The quantitative estimate of drug-likeness (QED) is 0.221. The fraction of sp³-hybridized carbons (Fsp3) is 0.438. The topological polar surface area (TPSA) is 76.4 Å². The predicted octanol–water partition coefficient (Wildman–Crippen LogP) is 6.25. The van der Waals surface area contributed by atoms with Gasteiger partial charge in [-0.3, -0.25) is 4.79 Å². The number of hydrogen-bond acceptors (Lipinski definition) is 6. The average Bonchev–Trinajstić information content (AvgIpc) is 3.27. The summed E-state index contributed by atoms with van der Waals surface area (Å²) < 4.78 is 7.67. The van der Waals surface area contributed by atoms with Crippen molar-refractivity contribution >= 4 is 22.8 Å². The first-order valence-electron chi connectivity index (χ1n) is 14.7. The molecule has 1 aliphatic heterocycles.